The van der Waals surface area contributed by atoms with Crippen LogP contribution in [0, 0.1) is 13.5 Å². The summed E-state index contributed by atoms with van der Waals surface area (Å²) in [5.41, 5.74) is 1.67. The Morgan fingerprint density at radius 3 is 2.50 bits per heavy atom. The maximum atomic E-state index is 5.42. The van der Waals surface area contributed by atoms with Crippen molar-refractivity contribution in [1.29, 1.82) is 0 Å². The summed E-state index contributed by atoms with van der Waals surface area (Å²) >= 11 is 0. The van der Waals surface area contributed by atoms with Gasteiger partial charge in [0.1, 0.15) is 6.79 Å². The van der Waals surface area contributed by atoms with Gasteiger partial charge in [-0.15, -0.1) is 0 Å². The Kier molecular flexibility index (Phi) is 15.8. The van der Waals surface area contributed by atoms with Crippen LogP contribution in [0.3, 0.4) is 0 Å². The Morgan fingerprint density at radius 1 is 1.44 bits per heavy atom. The average molecular weight is 329 g/mol. The topological polar surface area (TPSA) is 27.7 Å². The second kappa shape index (κ2) is 13.8. The molecule has 18 heavy (non-hydrogen) atoms. The van der Waals surface area contributed by atoms with Crippen LogP contribution in [-0.2, 0) is 46.9 Å². The molecule has 0 bridgehead atoms. The van der Waals surface area contributed by atoms with Gasteiger partial charge in [0.25, 0.3) is 0 Å². The molecule has 0 aromatic rings. The molecule has 0 amide bonds. The molecule has 0 N–H and O–H groups in total. The summed E-state index contributed by atoms with van der Waals surface area (Å²) < 4.78 is 15.8. The summed E-state index contributed by atoms with van der Waals surface area (Å²) in [6, 6.07) is 0. The zero-order valence-electron chi connectivity index (χ0n) is 11.6. The molecule has 1 aliphatic heterocycles. The van der Waals surface area contributed by atoms with Gasteiger partial charge in [0, 0.05) is 45.9 Å². The van der Waals surface area contributed by atoms with Crippen LogP contribution in [0.4, 0.5) is 0 Å². The van der Waals surface area contributed by atoms with Crippen LogP contribution in [-0.4, -0.2) is 26.3 Å². The van der Waals surface area contributed by atoms with E-state index >= 15 is 0 Å². The number of ether oxygens (including phenoxy) is 3. The van der Waals surface area contributed by atoms with Crippen molar-refractivity contribution in [2.75, 3.05) is 20.0 Å². The van der Waals surface area contributed by atoms with E-state index in [1.165, 1.54) is 6.42 Å². The monoisotopic (exact) mass is 329 g/mol. The van der Waals surface area contributed by atoms with Crippen LogP contribution in [0.2, 0.25) is 0 Å². The van der Waals surface area contributed by atoms with Gasteiger partial charge in [-0.2, -0.15) is 0 Å². The third kappa shape index (κ3) is 16.3. The van der Waals surface area contributed by atoms with E-state index in [-0.39, 0.29) is 45.8 Å². The van der Waals surface area contributed by atoms with Gasteiger partial charge in [0.2, 0.25) is 0 Å². The number of hydrogen-bond acceptors (Lipinski definition) is 3. The molecule has 1 unspecified atom stereocenters. The standard InChI is InChI=1S/C10H17O3.C4H7.Y/c1-9(2)7-11-8-13-10-5-3-4-6-12-10;1-4(2)3;/h1,10H,3-8H2,2H3;1-2H2,3H3;/q2*-1;. The molecule has 0 aromatic heterocycles. The van der Waals surface area contributed by atoms with Crippen LogP contribution in [0.15, 0.2) is 17.7 Å². The third-order valence-electron chi connectivity index (χ3n) is 1.80. The molecule has 0 aromatic carbocycles. The predicted molar refractivity (Wildman–Crippen MR) is 69.2 cm³/mol. The molecule has 1 heterocycles. The summed E-state index contributed by atoms with van der Waals surface area (Å²) in [6.07, 6.45) is 3.20. The average Bonchev–Trinajstić information content (AvgIpc) is 2.25. The molecule has 1 rings (SSSR count). The van der Waals surface area contributed by atoms with E-state index in [9.17, 15) is 0 Å². The fourth-order valence-corrected chi connectivity index (χ4v) is 1.17. The van der Waals surface area contributed by atoms with E-state index in [4.69, 9.17) is 20.8 Å². The van der Waals surface area contributed by atoms with Gasteiger partial charge < -0.3 is 20.8 Å². The van der Waals surface area contributed by atoms with E-state index < -0.39 is 0 Å². The molecule has 1 atom stereocenters. The smallest absolute Gasteiger partial charge is 0.160 e. The first-order valence-electron chi connectivity index (χ1n) is 5.88. The van der Waals surface area contributed by atoms with Gasteiger partial charge >= 0.3 is 0 Å². The maximum Gasteiger partial charge on any atom is 0.160 e. The molecule has 0 saturated carbocycles. The largest absolute Gasteiger partial charge is 0.512 e. The number of rotatable bonds is 5. The van der Waals surface area contributed by atoms with Crippen molar-refractivity contribution in [2.45, 2.75) is 39.4 Å². The van der Waals surface area contributed by atoms with Crippen molar-refractivity contribution in [2.24, 2.45) is 0 Å². The first-order valence-corrected chi connectivity index (χ1v) is 5.88. The van der Waals surface area contributed by atoms with Crippen molar-refractivity contribution in [1.82, 2.24) is 0 Å². The molecule has 0 spiro atoms. The predicted octanol–water partition coefficient (Wildman–Crippen LogP) is 3.28. The van der Waals surface area contributed by atoms with E-state index in [2.05, 4.69) is 13.5 Å². The Morgan fingerprint density at radius 2 is 2.06 bits per heavy atom. The van der Waals surface area contributed by atoms with Crippen LogP contribution in [0.5, 0.6) is 0 Å². The van der Waals surface area contributed by atoms with Crippen molar-refractivity contribution < 1.29 is 46.9 Å². The molecule has 1 saturated heterocycles. The van der Waals surface area contributed by atoms with Crippen LogP contribution in [0.25, 0.3) is 0 Å². The summed E-state index contributed by atoms with van der Waals surface area (Å²) in [7, 11) is 0. The second-order valence-corrected chi connectivity index (χ2v) is 4.23. The Hall–Kier alpha value is 0.334. The quantitative estimate of drug-likeness (QED) is 0.440. The Balaban J connectivity index is 0. The molecule has 1 radical (unpaired) electrons. The fraction of sp³-hybridized carbons (Fsp3) is 0.643. The van der Waals surface area contributed by atoms with Crippen LogP contribution in [0.1, 0.15) is 33.1 Å². The molecule has 3 nitrogen and oxygen atoms in total. The summed E-state index contributed by atoms with van der Waals surface area (Å²) in [6.45, 7) is 17.5. The molecule has 1 fully saturated rings. The van der Waals surface area contributed by atoms with Gasteiger partial charge in [-0.3, -0.25) is 0 Å². The van der Waals surface area contributed by atoms with Crippen LogP contribution < -0.4 is 0 Å². The minimum atomic E-state index is -0.0770. The first kappa shape index (κ1) is 20.6. The maximum absolute atomic E-state index is 5.42. The van der Waals surface area contributed by atoms with Crippen molar-refractivity contribution in [3.05, 3.63) is 31.2 Å². The van der Waals surface area contributed by atoms with Gasteiger partial charge in [-0.25, -0.2) is 24.6 Å². The third-order valence-corrected chi connectivity index (χ3v) is 1.80. The van der Waals surface area contributed by atoms with Crippen LogP contribution >= 0.6 is 0 Å². The normalized spacial score (nSPS) is 18.0. The first-order chi connectivity index (χ1) is 8.02. The van der Waals surface area contributed by atoms with Crippen molar-refractivity contribution >= 4 is 0 Å². The second-order valence-electron chi connectivity index (χ2n) is 4.23. The van der Waals surface area contributed by atoms with Gasteiger partial charge in [0.15, 0.2) is 6.29 Å². The number of hydrogen-bond donors (Lipinski definition) is 0. The molecule has 0 aliphatic carbocycles. The fourth-order valence-electron chi connectivity index (χ4n) is 1.17. The molecule has 103 valence electrons. The minimum absolute atomic E-state index is 0. The Bertz CT molecular complexity index is 219. The summed E-state index contributed by atoms with van der Waals surface area (Å²) in [5.74, 6) is 0. The summed E-state index contributed by atoms with van der Waals surface area (Å²) in [4.78, 5) is 0. The van der Waals surface area contributed by atoms with Gasteiger partial charge in [0.05, 0.1) is 0 Å². The zero-order chi connectivity index (χ0) is 13.1. The molecule has 4 heteroatoms. The van der Waals surface area contributed by atoms with Crippen molar-refractivity contribution in [3.8, 4) is 0 Å². The summed E-state index contributed by atoms with van der Waals surface area (Å²) in [5, 5.41) is 0. The number of allylic oxidation sites excluding steroid dienone is 1. The molecular weight excluding hydrogens is 305 g/mol. The van der Waals surface area contributed by atoms with E-state index in [1.54, 1.807) is 0 Å². The SMILES string of the molecule is C=C([CH2-])C.[CH-]=C(C)COCOC1CCCCO1.[Y]. The minimum Gasteiger partial charge on any atom is -0.512 e. The van der Waals surface area contributed by atoms with E-state index in [0.717, 1.165) is 30.6 Å². The van der Waals surface area contributed by atoms with Gasteiger partial charge in [-0.05, 0) is 19.3 Å². The Labute approximate surface area is 137 Å². The zero-order valence-corrected chi connectivity index (χ0v) is 14.5. The van der Waals surface area contributed by atoms with E-state index in [1.807, 2.05) is 13.8 Å². The molecule has 1 aliphatic rings. The van der Waals surface area contributed by atoms with Gasteiger partial charge in [-0.1, -0.05) is 13.8 Å². The van der Waals surface area contributed by atoms with Crippen molar-refractivity contribution in [3.63, 3.8) is 0 Å². The molecular formula is C14H24O3Y-2. The van der Waals surface area contributed by atoms with E-state index in [0.29, 0.717) is 6.61 Å².